The smallest absolute Gasteiger partial charge is 0.228 e. The van der Waals surface area contributed by atoms with Crippen molar-refractivity contribution in [3.63, 3.8) is 0 Å². The molecule has 0 saturated carbocycles. The minimum absolute atomic E-state index is 0.157. The van der Waals surface area contributed by atoms with Crippen LogP contribution in [0.1, 0.15) is 21.6 Å². The third-order valence-electron chi connectivity index (χ3n) is 3.90. The first-order valence-electron chi connectivity index (χ1n) is 7.75. The molecule has 1 aliphatic heterocycles. The van der Waals surface area contributed by atoms with E-state index in [9.17, 15) is 4.79 Å². The fourth-order valence-electron chi connectivity index (χ4n) is 2.67. The van der Waals surface area contributed by atoms with E-state index >= 15 is 0 Å². The molecular weight excluding hydrogens is 310 g/mol. The lowest BCUT2D eigenvalue weighted by Gasteiger charge is -2.32. The molecule has 1 aliphatic rings. The van der Waals surface area contributed by atoms with Crippen molar-refractivity contribution in [3.8, 4) is 0 Å². The Morgan fingerprint density at radius 3 is 3.04 bits per heavy atom. The van der Waals surface area contributed by atoms with Gasteiger partial charge in [0.1, 0.15) is 11.9 Å². The van der Waals surface area contributed by atoms with E-state index in [4.69, 9.17) is 4.74 Å². The molecule has 1 N–H and O–H groups in total. The molecule has 2 aromatic rings. The molecule has 0 aliphatic carbocycles. The minimum Gasteiger partial charge on any atom is -0.373 e. The van der Waals surface area contributed by atoms with Crippen LogP contribution in [-0.2, 0) is 16.0 Å². The number of ether oxygens (including phenoxy) is 1. The zero-order chi connectivity index (χ0) is 16.2. The SMILES string of the molecule is CNc1cccc([C@H]2CN(C(=O)Cc3ccc(C)s3)CCO2)n1. The third-order valence-corrected chi connectivity index (χ3v) is 4.90. The van der Waals surface area contributed by atoms with Crippen molar-refractivity contribution >= 4 is 23.1 Å². The number of carbonyl (C=O) groups excluding carboxylic acids is 1. The number of anilines is 1. The summed E-state index contributed by atoms with van der Waals surface area (Å²) in [5.41, 5.74) is 0.862. The van der Waals surface area contributed by atoms with Gasteiger partial charge in [0.25, 0.3) is 0 Å². The van der Waals surface area contributed by atoms with Gasteiger partial charge in [0.15, 0.2) is 0 Å². The van der Waals surface area contributed by atoms with Crippen molar-refractivity contribution in [2.45, 2.75) is 19.4 Å². The van der Waals surface area contributed by atoms with Gasteiger partial charge in [-0.2, -0.15) is 0 Å². The molecule has 0 spiro atoms. The lowest BCUT2D eigenvalue weighted by Crippen LogP contribution is -2.43. The molecule has 1 saturated heterocycles. The Labute approximate surface area is 140 Å². The summed E-state index contributed by atoms with van der Waals surface area (Å²) in [7, 11) is 1.84. The predicted octanol–water partition coefficient (Wildman–Crippen LogP) is 2.64. The molecule has 1 amide bonds. The Hall–Kier alpha value is -1.92. The molecule has 3 rings (SSSR count). The van der Waals surface area contributed by atoms with Crippen molar-refractivity contribution in [2.24, 2.45) is 0 Å². The Morgan fingerprint density at radius 1 is 1.43 bits per heavy atom. The van der Waals surface area contributed by atoms with E-state index in [0.717, 1.165) is 16.4 Å². The summed E-state index contributed by atoms with van der Waals surface area (Å²) in [6.45, 7) is 3.81. The lowest BCUT2D eigenvalue weighted by atomic mass is 10.1. The molecule has 0 bridgehead atoms. The molecule has 5 nitrogen and oxygen atoms in total. The number of aromatic nitrogens is 1. The minimum atomic E-state index is -0.161. The van der Waals surface area contributed by atoms with Crippen LogP contribution in [0.4, 0.5) is 5.82 Å². The number of morpholine rings is 1. The highest BCUT2D eigenvalue weighted by Crippen LogP contribution is 2.23. The zero-order valence-electron chi connectivity index (χ0n) is 13.4. The van der Waals surface area contributed by atoms with Crippen molar-refractivity contribution in [3.05, 3.63) is 45.8 Å². The Bertz CT molecular complexity index is 686. The second-order valence-electron chi connectivity index (χ2n) is 5.59. The first-order valence-corrected chi connectivity index (χ1v) is 8.57. The molecule has 2 aromatic heterocycles. The van der Waals surface area contributed by atoms with E-state index in [-0.39, 0.29) is 12.0 Å². The van der Waals surface area contributed by atoms with E-state index in [1.807, 2.05) is 36.2 Å². The quantitative estimate of drug-likeness (QED) is 0.936. The molecule has 6 heteroatoms. The number of nitrogens with one attached hydrogen (secondary N) is 1. The van der Waals surface area contributed by atoms with Gasteiger partial charge in [-0.25, -0.2) is 4.98 Å². The average Bonchev–Trinajstić information content (AvgIpc) is 3.00. The number of aryl methyl sites for hydroxylation is 1. The Morgan fingerprint density at radius 2 is 2.30 bits per heavy atom. The molecule has 1 atom stereocenters. The first-order chi connectivity index (χ1) is 11.2. The first kappa shape index (κ1) is 16.0. The second kappa shape index (κ2) is 7.10. The van der Waals surface area contributed by atoms with E-state index in [2.05, 4.69) is 23.3 Å². The van der Waals surface area contributed by atoms with Gasteiger partial charge < -0.3 is 15.0 Å². The van der Waals surface area contributed by atoms with Gasteiger partial charge in [-0.3, -0.25) is 4.79 Å². The van der Waals surface area contributed by atoms with Gasteiger partial charge >= 0.3 is 0 Å². The van der Waals surface area contributed by atoms with Crippen LogP contribution in [0.2, 0.25) is 0 Å². The highest BCUT2D eigenvalue weighted by Gasteiger charge is 2.26. The van der Waals surface area contributed by atoms with E-state index in [1.165, 1.54) is 4.88 Å². The molecule has 1 fully saturated rings. The number of nitrogens with zero attached hydrogens (tertiary/aromatic N) is 2. The molecule has 0 radical (unpaired) electrons. The number of hydrogen-bond donors (Lipinski definition) is 1. The van der Waals surface area contributed by atoms with Gasteiger partial charge in [-0.05, 0) is 31.2 Å². The van der Waals surface area contributed by atoms with Gasteiger partial charge in [0, 0.05) is 23.3 Å². The summed E-state index contributed by atoms with van der Waals surface area (Å²) in [4.78, 5) is 21.3. The van der Waals surface area contributed by atoms with E-state index < -0.39 is 0 Å². The number of rotatable bonds is 4. The Kier molecular flexibility index (Phi) is 4.93. The maximum absolute atomic E-state index is 12.5. The zero-order valence-corrected chi connectivity index (χ0v) is 14.2. The second-order valence-corrected chi connectivity index (χ2v) is 6.96. The summed E-state index contributed by atoms with van der Waals surface area (Å²) in [6, 6.07) is 9.90. The molecule has 23 heavy (non-hydrogen) atoms. The monoisotopic (exact) mass is 331 g/mol. The fourth-order valence-corrected chi connectivity index (χ4v) is 3.55. The summed E-state index contributed by atoms with van der Waals surface area (Å²) in [6.07, 6.45) is 0.306. The highest BCUT2D eigenvalue weighted by atomic mass is 32.1. The van der Waals surface area contributed by atoms with Crippen LogP contribution in [0.3, 0.4) is 0 Å². The summed E-state index contributed by atoms with van der Waals surface area (Å²) in [5.74, 6) is 0.966. The average molecular weight is 331 g/mol. The van der Waals surface area contributed by atoms with Gasteiger partial charge in [0.05, 0.1) is 25.3 Å². The van der Waals surface area contributed by atoms with Gasteiger partial charge in [0.2, 0.25) is 5.91 Å². The standard InChI is InChI=1S/C17H21N3O2S/c1-12-6-7-13(23-12)10-17(21)20-8-9-22-15(11-20)14-4-3-5-16(18-2)19-14/h3-7,15H,8-11H2,1-2H3,(H,18,19)/t15-/m1/s1. The summed E-state index contributed by atoms with van der Waals surface area (Å²) >= 11 is 1.68. The number of carbonyl (C=O) groups is 1. The van der Waals surface area contributed by atoms with Crippen LogP contribution in [0.15, 0.2) is 30.3 Å². The fraction of sp³-hybridized carbons (Fsp3) is 0.412. The maximum atomic E-state index is 12.5. The van der Waals surface area contributed by atoms with Crippen LogP contribution in [0.25, 0.3) is 0 Å². The van der Waals surface area contributed by atoms with E-state index in [1.54, 1.807) is 11.3 Å². The van der Waals surface area contributed by atoms with E-state index in [0.29, 0.717) is 26.1 Å². The van der Waals surface area contributed by atoms with Crippen molar-refractivity contribution in [2.75, 3.05) is 32.1 Å². The van der Waals surface area contributed by atoms with Gasteiger partial charge in [-0.15, -0.1) is 11.3 Å². The third kappa shape index (κ3) is 3.89. The van der Waals surface area contributed by atoms with Gasteiger partial charge in [-0.1, -0.05) is 6.07 Å². The number of thiophene rings is 1. The molecular formula is C17H21N3O2S. The predicted molar refractivity (Wildman–Crippen MR) is 91.8 cm³/mol. The number of hydrogen-bond acceptors (Lipinski definition) is 5. The number of amides is 1. The van der Waals surface area contributed by atoms with Crippen molar-refractivity contribution in [1.82, 2.24) is 9.88 Å². The van der Waals surface area contributed by atoms with Crippen LogP contribution in [0, 0.1) is 6.92 Å². The highest BCUT2D eigenvalue weighted by molar-refractivity contribution is 7.12. The van der Waals surface area contributed by atoms with Crippen molar-refractivity contribution in [1.29, 1.82) is 0 Å². The summed E-state index contributed by atoms with van der Waals surface area (Å²) in [5, 5.41) is 3.03. The lowest BCUT2D eigenvalue weighted by molar-refractivity contribution is -0.138. The summed E-state index contributed by atoms with van der Waals surface area (Å²) < 4.78 is 5.82. The molecule has 3 heterocycles. The van der Waals surface area contributed by atoms with Crippen LogP contribution in [-0.4, -0.2) is 42.5 Å². The van der Waals surface area contributed by atoms with Crippen molar-refractivity contribution < 1.29 is 9.53 Å². The number of pyridine rings is 1. The molecule has 0 aromatic carbocycles. The normalized spacial score (nSPS) is 18.0. The van der Waals surface area contributed by atoms with Crippen LogP contribution >= 0.6 is 11.3 Å². The largest absolute Gasteiger partial charge is 0.373 e. The molecule has 122 valence electrons. The van der Waals surface area contributed by atoms with Crippen LogP contribution < -0.4 is 5.32 Å². The maximum Gasteiger partial charge on any atom is 0.228 e. The topological polar surface area (TPSA) is 54.5 Å². The molecule has 0 unspecified atom stereocenters. The van der Waals surface area contributed by atoms with Crippen LogP contribution in [0.5, 0.6) is 0 Å². The Balaban J connectivity index is 1.66.